The molecule has 0 aliphatic carbocycles. The second kappa shape index (κ2) is 12.2. The van der Waals surface area contributed by atoms with E-state index in [1.165, 1.54) is 107 Å². The zero-order chi connectivity index (χ0) is 37.9. The van der Waals surface area contributed by atoms with Gasteiger partial charge in [-0.15, -0.1) is 0 Å². The number of nitrogens with zero attached hydrogens (tertiary/aromatic N) is 3. The molecule has 4 heteroatoms. The Kier molecular flexibility index (Phi) is 6.74. The van der Waals surface area contributed by atoms with E-state index in [1.807, 2.05) is 0 Å². The molecule has 0 bridgehead atoms. The van der Waals surface area contributed by atoms with Gasteiger partial charge in [-0.3, -0.25) is 0 Å². The zero-order valence-electron chi connectivity index (χ0n) is 31.3. The molecule has 4 aromatic heterocycles. The summed E-state index contributed by atoms with van der Waals surface area (Å²) in [5.41, 5.74) is 13.4. The first-order valence-corrected chi connectivity index (χ1v) is 21.6. The summed E-state index contributed by atoms with van der Waals surface area (Å²) in [5, 5.41) is 10.3. The van der Waals surface area contributed by atoms with E-state index < -0.39 is 0 Å². The molecular formula is C54H33N3Se. The number of hydrogen-bond donors (Lipinski definition) is 0. The van der Waals surface area contributed by atoms with Crippen LogP contribution in [0.2, 0.25) is 0 Å². The van der Waals surface area contributed by atoms with Crippen LogP contribution in [0.25, 0.3) is 113 Å². The number of benzene rings is 9. The minimum absolute atomic E-state index is 0.219. The van der Waals surface area contributed by atoms with Gasteiger partial charge in [-0.05, 0) is 12.1 Å². The second-order valence-electron chi connectivity index (χ2n) is 15.3. The van der Waals surface area contributed by atoms with Crippen LogP contribution in [-0.4, -0.2) is 28.2 Å². The van der Waals surface area contributed by atoms with Gasteiger partial charge < -0.3 is 4.57 Å². The van der Waals surface area contributed by atoms with Crippen molar-refractivity contribution in [3.05, 3.63) is 200 Å². The van der Waals surface area contributed by atoms with Crippen LogP contribution >= 0.6 is 0 Å². The van der Waals surface area contributed by atoms with Gasteiger partial charge >= 0.3 is 266 Å². The summed E-state index contributed by atoms with van der Waals surface area (Å²) >= 11 is 0.219. The van der Waals surface area contributed by atoms with Crippen LogP contribution in [0.15, 0.2) is 200 Å². The number of para-hydroxylation sites is 4. The molecule has 0 fully saturated rings. The third-order valence-electron chi connectivity index (χ3n) is 12.2. The first kappa shape index (κ1) is 32.0. The van der Waals surface area contributed by atoms with Crippen LogP contribution < -0.4 is 0 Å². The molecule has 0 aliphatic heterocycles. The number of aromatic nitrogens is 3. The summed E-state index contributed by atoms with van der Waals surface area (Å²) < 4.78 is 10.3. The van der Waals surface area contributed by atoms with Gasteiger partial charge in [0.15, 0.2) is 0 Å². The van der Waals surface area contributed by atoms with E-state index in [1.54, 1.807) is 0 Å². The number of hydrogen-bond acceptors (Lipinski definition) is 0. The van der Waals surface area contributed by atoms with Gasteiger partial charge in [0.05, 0.1) is 11.0 Å². The Morgan fingerprint density at radius 1 is 0.276 bits per heavy atom. The van der Waals surface area contributed by atoms with E-state index in [9.17, 15) is 0 Å². The molecule has 0 spiro atoms. The van der Waals surface area contributed by atoms with Crippen molar-refractivity contribution >= 4 is 99.2 Å². The average molecular weight is 803 g/mol. The van der Waals surface area contributed by atoms with Crippen LogP contribution in [0, 0.1) is 0 Å². The summed E-state index contributed by atoms with van der Waals surface area (Å²) in [6, 6.07) is 74.1. The van der Waals surface area contributed by atoms with Crippen molar-refractivity contribution in [3.63, 3.8) is 0 Å². The SMILES string of the molecule is c1ccc(-c2ccc3c(c2)[se]c2cccc(-n4c5ccccc5c5ccc(-n6c7ccccc7c7cc(-n8c9ccccc9c9ccccc98)ccc76)cc54)c23)cc1. The Morgan fingerprint density at radius 2 is 0.793 bits per heavy atom. The molecule has 0 saturated carbocycles. The van der Waals surface area contributed by atoms with Crippen molar-refractivity contribution in [1.29, 1.82) is 0 Å². The van der Waals surface area contributed by atoms with E-state index >= 15 is 0 Å². The van der Waals surface area contributed by atoms with Gasteiger partial charge in [0.2, 0.25) is 0 Å². The molecule has 58 heavy (non-hydrogen) atoms. The molecule has 0 saturated heterocycles. The molecule has 0 radical (unpaired) electrons. The molecule has 0 atom stereocenters. The molecule has 13 rings (SSSR count). The topological polar surface area (TPSA) is 14.8 Å². The Hall–Kier alpha value is -7.10. The first-order valence-electron chi connectivity index (χ1n) is 19.8. The molecule has 0 unspecified atom stereocenters. The van der Waals surface area contributed by atoms with E-state index in [-0.39, 0.29) is 14.5 Å². The Bertz CT molecular complexity index is 3750. The van der Waals surface area contributed by atoms with Crippen LogP contribution in [-0.2, 0) is 0 Å². The van der Waals surface area contributed by atoms with Crippen LogP contribution in [0.4, 0.5) is 0 Å². The molecule has 0 N–H and O–H groups in total. The molecule has 3 nitrogen and oxygen atoms in total. The summed E-state index contributed by atoms with van der Waals surface area (Å²) in [6.07, 6.45) is 0. The maximum absolute atomic E-state index is 2.53. The molecule has 9 aromatic carbocycles. The van der Waals surface area contributed by atoms with Crippen molar-refractivity contribution in [3.8, 4) is 28.2 Å². The van der Waals surface area contributed by atoms with Crippen molar-refractivity contribution < 1.29 is 0 Å². The predicted molar refractivity (Wildman–Crippen MR) is 247 cm³/mol. The van der Waals surface area contributed by atoms with Gasteiger partial charge in [0.1, 0.15) is 0 Å². The summed E-state index contributed by atoms with van der Waals surface area (Å²) in [7, 11) is 0. The van der Waals surface area contributed by atoms with Gasteiger partial charge in [-0.25, -0.2) is 0 Å². The normalized spacial score (nSPS) is 12.1. The van der Waals surface area contributed by atoms with Crippen molar-refractivity contribution in [2.75, 3.05) is 0 Å². The van der Waals surface area contributed by atoms with Crippen LogP contribution in [0.5, 0.6) is 0 Å². The average Bonchev–Trinajstić information content (AvgIpc) is 4.02. The van der Waals surface area contributed by atoms with E-state index in [0.717, 1.165) is 5.69 Å². The molecule has 270 valence electrons. The maximum atomic E-state index is 2.53. The molecular weight excluding hydrogens is 770 g/mol. The van der Waals surface area contributed by atoms with Crippen molar-refractivity contribution in [1.82, 2.24) is 13.7 Å². The first-order chi connectivity index (χ1) is 28.8. The second-order valence-corrected chi connectivity index (χ2v) is 17.6. The fourth-order valence-electron chi connectivity index (χ4n) is 9.74. The van der Waals surface area contributed by atoms with Crippen molar-refractivity contribution in [2.24, 2.45) is 0 Å². The molecule has 0 aliphatic rings. The van der Waals surface area contributed by atoms with E-state index in [2.05, 4.69) is 214 Å². The quantitative estimate of drug-likeness (QED) is 0.158. The van der Waals surface area contributed by atoms with Gasteiger partial charge in [0, 0.05) is 10.8 Å². The molecule has 13 aromatic rings. The van der Waals surface area contributed by atoms with E-state index in [4.69, 9.17) is 0 Å². The van der Waals surface area contributed by atoms with Crippen LogP contribution in [0.1, 0.15) is 0 Å². The Balaban J connectivity index is 1.05. The number of fused-ring (bicyclic) bond motifs is 12. The summed E-state index contributed by atoms with van der Waals surface area (Å²) in [6.45, 7) is 0. The molecule has 4 heterocycles. The van der Waals surface area contributed by atoms with Gasteiger partial charge in [-0.1, -0.05) is 36.4 Å². The third kappa shape index (κ3) is 4.50. The van der Waals surface area contributed by atoms with Gasteiger partial charge in [0.25, 0.3) is 0 Å². The fraction of sp³-hybridized carbons (Fsp3) is 0. The number of rotatable bonds is 4. The Morgan fingerprint density at radius 3 is 1.47 bits per heavy atom. The van der Waals surface area contributed by atoms with E-state index in [0.29, 0.717) is 0 Å². The summed E-state index contributed by atoms with van der Waals surface area (Å²) in [4.78, 5) is 0. The minimum atomic E-state index is 0.219. The van der Waals surface area contributed by atoms with Crippen molar-refractivity contribution in [2.45, 2.75) is 0 Å². The van der Waals surface area contributed by atoms with Gasteiger partial charge in [-0.2, -0.15) is 0 Å². The monoisotopic (exact) mass is 803 g/mol. The Labute approximate surface area is 339 Å². The molecule has 0 amide bonds. The standard InChI is InChI=1S/C54H33N3Se/c1-2-13-34(14-3-1)35-25-28-43-53(31-35)58-52-24-12-23-50(54(43)52)57-48-22-11-6-17-40(48)42-29-26-37(33-51(42)57)56-47-21-10-7-18-41(47)44-32-36(27-30-49(44)56)55-45-19-8-4-15-38(45)39-16-5-9-20-46(39)55/h1-33H. The zero-order valence-corrected chi connectivity index (χ0v) is 33.0. The fourth-order valence-corrected chi connectivity index (χ4v) is 12.2. The predicted octanol–water partition coefficient (Wildman–Crippen LogP) is 14.0. The van der Waals surface area contributed by atoms with Crippen LogP contribution in [0.3, 0.4) is 0 Å². The summed E-state index contributed by atoms with van der Waals surface area (Å²) in [5.74, 6) is 0. The third-order valence-corrected chi connectivity index (χ3v) is 14.6.